The van der Waals surface area contributed by atoms with Gasteiger partial charge in [-0.15, -0.1) is 0 Å². The van der Waals surface area contributed by atoms with E-state index in [0.29, 0.717) is 10.9 Å². The molecule has 0 bridgehead atoms. The number of carbonyl (C=O) groups is 4. The van der Waals surface area contributed by atoms with Gasteiger partial charge in [-0.25, -0.2) is 4.79 Å². The number of rotatable bonds is 7. The molecule has 1 aliphatic rings. The highest BCUT2D eigenvalue weighted by atomic mass is 16.7. The van der Waals surface area contributed by atoms with E-state index in [1.54, 1.807) is 26.0 Å². The molecule has 1 fully saturated rings. The van der Waals surface area contributed by atoms with Gasteiger partial charge in [-0.1, -0.05) is 0 Å². The van der Waals surface area contributed by atoms with Crippen molar-refractivity contribution in [3.63, 3.8) is 0 Å². The molecule has 200 valence electrons. The van der Waals surface area contributed by atoms with Crippen LogP contribution < -0.4 is 10.4 Å². The van der Waals surface area contributed by atoms with E-state index >= 15 is 0 Å². The summed E-state index contributed by atoms with van der Waals surface area (Å²) in [6.07, 6.45) is -6.62. The summed E-state index contributed by atoms with van der Waals surface area (Å²) >= 11 is 0. The van der Waals surface area contributed by atoms with Crippen molar-refractivity contribution < 1.29 is 52.0 Å². The first-order valence-electron chi connectivity index (χ1n) is 11.4. The largest absolute Gasteiger partial charge is 0.463 e. The van der Waals surface area contributed by atoms with E-state index in [-0.39, 0.29) is 17.9 Å². The van der Waals surface area contributed by atoms with Gasteiger partial charge in [-0.2, -0.15) is 0 Å². The number of benzene rings is 1. The van der Waals surface area contributed by atoms with Crippen molar-refractivity contribution in [3.05, 3.63) is 39.7 Å². The van der Waals surface area contributed by atoms with Crippen LogP contribution in [0.1, 0.15) is 38.8 Å². The first kappa shape index (κ1) is 27.7. The Morgan fingerprint density at radius 3 is 2.00 bits per heavy atom. The highest BCUT2D eigenvalue weighted by Crippen LogP contribution is 2.32. The Morgan fingerprint density at radius 2 is 1.41 bits per heavy atom. The second-order valence-electron chi connectivity index (χ2n) is 8.48. The lowest BCUT2D eigenvalue weighted by molar-refractivity contribution is -0.288. The minimum absolute atomic E-state index is 0.166. The molecule has 1 aromatic heterocycles. The Morgan fingerprint density at radius 1 is 0.811 bits per heavy atom. The molecule has 0 unspecified atom stereocenters. The van der Waals surface area contributed by atoms with Crippen LogP contribution in [0.2, 0.25) is 0 Å². The van der Waals surface area contributed by atoms with Crippen molar-refractivity contribution in [1.82, 2.24) is 0 Å². The number of esters is 4. The van der Waals surface area contributed by atoms with Crippen molar-refractivity contribution in [1.29, 1.82) is 0 Å². The average Bonchev–Trinajstić information content (AvgIpc) is 2.79. The van der Waals surface area contributed by atoms with Gasteiger partial charge >= 0.3 is 29.5 Å². The Bertz CT molecular complexity index is 1260. The lowest BCUT2D eigenvalue weighted by Crippen LogP contribution is -2.63. The second kappa shape index (κ2) is 11.4. The molecule has 3 rings (SSSR count). The highest BCUT2D eigenvalue weighted by molar-refractivity contribution is 5.82. The molecule has 12 heteroatoms. The lowest BCUT2D eigenvalue weighted by Gasteiger charge is -2.43. The van der Waals surface area contributed by atoms with Crippen LogP contribution in [0.3, 0.4) is 0 Å². The molecule has 0 radical (unpaired) electrons. The molecule has 12 nitrogen and oxygen atoms in total. The van der Waals surface area contributed by atoms with Gasteiger partial charge in [-0.3, -0.25) is 19.2 Å². The molecule has 37 heavy (non-hydrogen) atoms. The maximum atomic E-state index is 12.1. The predicted octanol–water partition coefficient (Wildman–Crippen LogP) is 1.87. The monoisotopic (exact) mass is 520 g/mol. The van der Waals surface area contributed by atoms with Gasteiger partial charge in [-0.05, 0) is 31.5 Å². The summed E-state index contributed by atoms with van der Waals surface area (Å²) < 4.78 is 38.4. The average molecular weight is 520 g/mol. The van der Waals surface area contributed by atoms with Crippen LogP contribution in [0.25, 0.3) is 11.0 Å². The lowest BCUT2D eigenvalue weighted by atomic mass is 9.98. The number of hydrogen-bond donors (Lipinski definition) is 0. The molecular formula is C25H28O12. The van der Waals surface area contributed by atoms with E-state index in [1.807, 2.05) is 0 Å². The maximum absolute atomic E-state index is 12.1. The summed E-state index contributed by atoms with van der Waals surface area (Å²) in [5.74, 6) is -2.72. The van der Waals surface area contributed by atoms with Crippen LogP contribution in [-0.2, 0) is 42.9 Å². The minimum Gasteiger partial charge on any atom is -0.463 e. The van der Waals surface area contributed by atoms with Crippen molar-refractivity contribution in [2.45, 2.75) is 72.2 Å². The van der Waals surface area contributed by atoms with E-state index in [2.05, 4.69) is 0 Å². The molecular weight excluding hydrogens is 492 g/mol. The standard InChI is InChI=1S/C25H28O12/c1-11-12(2)24(30)36-19-9-17(7-8-18(11)19)35-25-23(34-16(6)29)22(33-15(5)28)21(32-14(4)27)20(37-25)10-31-13(3)26/h7-9,20-23,25H,10H2,1-6H3/t20-,21+,22+,23-,25+/m1/s1. The normalized spacial score (nSPS) is 23.1. The molecule has 0 aliphatic carbocycles. The molecule has 2 heterocycles. The van der Waals surface area contributed by atoms with Crippen molar-refractivity contribution in [2.24, 2.45) is 0 Å². The van der Waals surface area contributed by atoms with Crippen LogP contribution in [0.15, 0.2) is 27.4 Å². The van der Waals surface area contributed by atoms with E-state index < -0.39 is 60.2 Å². The number of aryl methyl sites for hydroxylation is 1. The van der Waals surface area contributed by atoms with E-state index in [9.17, 15) is 24.0 Å². The molecule has 5 atom stereocenters. The van der Waals surface area contributed by atoms with Crippen molar-refractivity contribution >= 4 is 34.8 Å². The van der Waals surface area contributed by atoms with Gasteiger partial charge in [0.2, 0.25) is 12.4 Å². The molecule has 0 saturated carbocycles. The minimum atomic E-state index is -1.41. The third kappa shape index (κ3) is 6.64. The summed E-state index contributed by atoms with van der Waals surface area (Å²) in [7, 11) is 0. The molecule has 1 saturated heterocycles. The van der Waals surface area contributed by atoms with Crippen molar-refractivity contribution in [2.75, 3.05) is 6.61 Å². The zero-order valence-electron chi connectivity index (χ0n) is 21.2. The number of hydrogen-bond acceptors (Lipinski definition) is 12. The number of ether oxygens (including phenoxy) is 6. The van der Waals surface area contributed by atoms with Gasteiger partial charge in [0.25, 0.3) is 0 Å². The highest BCUT2D eigenvalue weighted by Gasteiger charge is 2.53. The van der Waals surface area contributed by atoms with E-state index in [0.717, 1.165) is 26.3 Å². The smallest absolute Gasteiger partial charge is 0.339 e. The fourth-order valence-corrected chi connectivity index (χ4v) is 3.92. The first-order chi connectivity index (χ1) is 17.4. The summed E-state index contributed by atoms with van der Waals surface area (Å²) in [5.41, 5.74) is 0.955. The maximum Gasteiger partial charge on any atom is 0.339 e. The molecule has 0 N–H and O–H groups in total. The zero-order valence-corrected chi connectivity index (χ0v) is 21.2. The predicted molar refractivity (Wildman–Crippen MR) is 125 cm³/mol. The first-order valence-corrected chi connectivity index (χ1v) is 11.4. The fraction of sp³-hybridized carbons (Fsp3) is 0.480. The molecule has 0 amide bonds. The van der Waals surface area contributed by atoms with Crippen molar-refractivity contribution in [3.8, 4) is 5.75 Å². The third-order valence-corrected chi connectivity index (χ3v) is 5.63. The Hall–Kier alpha value is -3.93. The van der Waals surface area contributed by atoms with Crippen LogP contribution >= 0.6 is 0 Å². The quantitative estimate of drug-likeness (QED) is 0.297. The topological polar surface area (TPSA) is 154 Å². The Balaban J connectivity index is 2.04. The SMILES string of the molecule is CC(=O)OC[C@H]1O[C@H](Oc2ccc3c(C)c(C)c(=O)oc3c2)[C@H](OC(C)=O)[C@@H](OC(C)=O)[C@H]1OC(C)=O. The van der Waals surface area contributed by atoms with Gasteiger partial charge in [0.05, 0.1) is 0 Å². The van der Waals surface area contributed by atoms with Crippen LogP contribution in [0.4, 0.5) is 0 Å². The summed E-state index contributed by atoms with van der Waals surface area (Å²) in [6.45, 7) is 7.61. The van der Waals surface area contributed by atoms with Gasteiger partial charge in [0.1, 0.15) is 24.0 Å². The van der Waals surface area contributed by atoms with E-state index in [4.69, 9.17) is 32.8 Å². The fourth-order valence-electron chi connectivity index (χ4n) is 3.92. The molecule has 0 spiro atoms. The van der Waals surface area contributed by atoms with Gasteiger partial charge in [0.15, 0.2) is 12.2 Å². The number of carbonyl (C=O) groups excluding carboxylic acids is 4. The van der Waals surface area contributed by atoms with Crippen LogP contribution in [0.5, 0.6) is 5.75 Å². The summed E-state index contributed by atoms with van der Waals surface area (Å²) in [4.78, 5) is 59.3. The van der Waals surface area contributed by atoms with Crippen LogP contribution in [0, 0.1) is 13.8 Å². The summed E-state index contributed by atoms with van der Waals surface area (Å²) in [6, 6.07) is 4.72. The summed E-state index contributed by atoms with van der Waals surface area (Å²) in [5, 5.41) is 0.686. The molecule has 1 aliphatic heterocycles. The Labute approximate surface area is 211 Å². The van der Waals surface area contributed by atoms with E-state index in [1.165, 1.54) is 13.0 Å². The Kier molecular flexibility index (Phi) is 8.53. The van der Waals surface area contributed by atoms with Gasteiger partial charge < -0.3 is 32.8 Å². The van der Waals surface area contributed by atoms with Crippen LogP contribution in [-0.4, -0.2) is 61.2 Å². The third-order valence-electron chi connectivity index (χ3n) is 5.63. The zero-order chi connectivity index (χ0) is 27.4. The molecule has 1 aromatic carbocycles. The molecule has 2 aromatic rings. The number of fused-ring (bicyclic) bond motifs is 1. The van der Waals surface area contributed by atoms with Gasteiger partial charge in [0, 0.05) is 44.7 Å². The second-order valence-corrected chi connectivity index (χ2v) is 8.48.